The molecule has 0 amide bonds. The molecule has 82 valence electrons. The van der Waals surface area contributed by atoms with Crippen molar-refractivity contribution in [1.82, 2.24) is 5.32 Å². The monoisotopic (exact) mass is 204 g/mol. The molecule has 2 heteroatoms. The number of hydrogen-bond donors (Lipinski definition) is 1. The third kappa shape index (κ3) is 2.15. The summed E-state index contributed by atoms with van der Waals surface area (Å²) in [4.78, 5) is 2.50. The molecule has 2 rings (SSSR count). The summed E-state index contributed by atoms with van der Waals surface area (Å²) in [6.07, 6.45) is 2.45. The molecule has 1 heterocycles. The van der Waals surface area contributed by atoms with Crippen LogP contribution in [-0.2, 0) is 13.0 Å². The topological polar surface area (TPSA) is 15.3 Å². The third-order valence-corrected chi connectivity index (χ3v) is 3.01. The lowest BCUT2D eigenvalue weighted by Gasteiger charge is -2.18. The summed E-state index contributed by atoms with van der Waals surface area (Å²) < 4.78 is 0. The van der Waals surface area contributed by atoms with Crippen LogP contribution in [-0.4, -0.2) is 20.1 Å². The average molecular weight is 204 g/mol. The van der Waals surface area contributed by atoms with E-state index >= 15 is 0 Å². The molecule has 2 nitrogen and oxygen atoms in total. The first kappa shape index (κ1) is 10.5. The summed E-state index contributed by atoms with van der Waals surface area (Å²) >= 11 is 0. The van der Waals surface area contributed by atoms with E-state index in [-0.39, 0.29) is 0 Å². The van der Waals surface area contributed by atoms with Gasteiger partial charge in [0, 0.05) is 25.3 Å². The van der Waals surface area contributed by atoms with Crippen molar-refractivity contribution in [3.63, 3.8) is 0 Å². The number of benzene rings is 1. The molecule has 0 unspecified atom stereocenters. The molecular formula is C13H20N2. The highest BCUT2D eigenvalue weighted by molar-refractivity contribution is 5.59. The van der Waals surface area contributed by atoms with Gasteiger partial charge in [-0.15, -0.1) is 0 Å². The second-order valence-electron chi connectivity index (χ2n) is 4.23. The highest BCUT2D eigenvalue weighted by Crippen LogP contribution is 2.28. The van der Waals surface area contributed by atoms with E-state index in [4.69, 9.17) is 0 Å². The summed E-state index contributed by atoms with van der Waals surface area (Å²) in [5, 5.41) is 3.20. The highest BCUT2D eigenvalue weighted by Gasteiger charge is 2.17. The Balaban J connectivity index is 2.18. The summed E-state index contributed by atoms with van der Waals surface area (Å²) in [5.41, 5.74) is 4.38. The van der Waals surface area contributed by atoms with Crippen LogP contribution in [0.4, 0.5) is 5.69 Å². The average Bonchev–Trinajstić information content (AvgIpc) is 2.62. The van der Waals surface area contributed by atoms with E-state index in [1.807, 2.05) is 7.05 Å². The van der Waals surface area contributed by atoms with Crippen molar-refractivity contribution in [3.8, 4) is 0 Å². The van der Waals surface area contributed by atoms with Crippen molar-refractivity contribution in [2.75, 3.05) is 25.0 Å². The van der Waals surface area contributed by atoms with Gasteiger partial charge < -0.3 is 10.2 Å². The summed E-state index contributed by atoms with van der Waals surface area (Å²) in [6.45, 7) is 5.61. The van der Waals surface area contributed by atoms with E-state index in [0.717, 1.165) is 6.54 Å². The molecule has 0 bridgehead atoms. The molecule has 1 aliphatic heterocycles. The molecule has 0 spiro atoms. The van der Waals surface area contributed by atoms with Crippen LogP contribution >= 0.6 is 0 Å². The van der Waals surface area contributed by atoms with Crippen LogP contribution < -0.4 is 10.2 Å². The van der Waals surface area contributed by atoms with Gasteiger partial charge in [-0.1, -0.05) is 19.1 Å². The van der Waals surface area contributed by atoms with Crippen molar-refractivity contribution in [2.24, 2.45) is 0 Å². The minimum atomic E-state index is 0.973. The second-order valence-corrected chi connectivity index (χ2v) is 4.23. The van der Waals surface area contributed by atoms with Gasteiger partial charge in [-0.3, -0.25) is 0 Å². The predicted molar refractivity (Wildman–Crippen MR) is 65.4 cm³/mol. The van der Waals surface area contributed by atoms with E-state index in [1.54, 1.807) is 0 Å². The van der Waals surface area contributed by atoms with E-state index in [2.05, 4.69) is 35.3 Å². The lowest BCUT2D eigenvalue weighted by atomic mass is 10.1. The van der Waals surface area contributed by atoms with Crippen LogP contribution in [0.15, 0.2) is 18.2 Å². The van der Waals surface area contributed by atoms with Gasteiger partial charge in [0.2, 0.25) is 0 Å². The Labute approximate surface area is 92.3 Å². The number of anilines is 1. The fourth-order valence-corrected chi connectivity index (χ4v) is 2.34. The van der Waals surface area contributed by atoms with Gasteiger partial charge in [0.05, 0.1) is 0 Å². The molecular weight excluding hydrogens is 184 g/mol. The highest BCUT2D eigenvalue weighted by atomic mass is 15.1. The van der Waals surface area contributed by atoms with E-state index < -0.39 is 0 Å². The number of fused-ring (bicyclic) bond motifs is 1. The fourth-order valence-electron chi connectivity index (χ4n) is 2.34. The summed E-state index contributed by atoms with van der Waals surface area (Å²) in [6, 6.07) is 6.87. The normalized spacial score (nSPS) is 14.4. The zero-order valence-electron chi connectivity index (χ0n) is 9.71. The maximum Gasteiger partial charge on any atom is 0.0399 e. The smallest absolute Gasteiger partial charge is 0.0399 e. The predicted octanol–water partition coefficient (Wildman–Crippen LogP) is 2.18. The Morgan fingerprint density at radius 1 is 1.40 bits per heavy atom. The molecule has 0 aromatic heterocycles. The quantitative estimate of drug-likeness (QED) is 0.808. The lowest BCUT2D eigenvalue weighted by Crippen LogP contribution is -2.20. The van der Waals surface area contributed by atoms with Gasteiger partial charge in [-0.2, -0.15) is 0 Å². The Hall–Kier alpha value is -1.02. The molecule has 0 fully saturated rings. The summed E-state index contributed by atoms with van der Waals surface area (Å²) in [7, 11) is 2.00. The first-order valence-electron chi connectivity index (χ1n) is 5.86. The van der Waals surface area contributed by atoms with Crippen molar-refractivity contribution in [3.05, 3.63) is 29.3 Å². The zero-order chi connectivity index (χ0) is 10.7. The van der Waals surface area contributed by atoms with Crippen molar-refractivity contribution in [1.29, 1.82) is 0 Å². The molecule has 1 aliphatic rings. The number of nitrogens with one attached hydrogen (secondary N) is 1. The fraction of sp³-hybridized carbons (Fsp3) is 0.538. The van der Waals surface area contributed by atoms with Gasteiger partial charge in [0.25, 0.3) is 0 Å². The molecule has 15 heavy (non-hydrogen) atoms. The molecule has 0 aliphatic carbocycles. The van der Waals surface area contributed by atoms with E-state index in [1.165, 1.54) is 42.7 Å². The van der Waals surface area contributed by atoms with Crippen LogP contribution in [0.1, 0.15) is 24.5 Å². The molecule has 0 radical (unpaired) electrons. The van der Waals surface area contributed by atoms with E-state index in [0.29, 0.717) is 0 Å². The van der Waals surface area contributed by atoms with Crippen LogP contribution in [0, 0.1) is 0 Å². The SMILES string of the molecule is CCCN1CCc2cc(CNC)ccc21. The second kappa shape index (κ2) is 4.67. The molecule has 0 saturated heterocycles. The maximum absolute atomic E-state index is 3.20. The number of rotatable bonds is 4. The largest absolute Gasteiger partial charge is 0.371 e. The number of hydrogen-bond acceptors (Lipinski definition) is 2. The van der Waals surface area contributed by atoms with Crippen molar-refractivity contribution in [2.45, 2.75) is 26.3 Å². The van der Waals surface area contributed by atoms with Gasteiger partial charge in [0.1, 0.15) is 0 Å². The lowest BCUT2D eigenvalue weighted by molar-refractivity contribution is 0.796. The van der Waals surface area contributed by atoms with Crippen molar-refractivity contribution < 1.29 is 0 Å². The first-order chi connectivity index (χ1) is 7.35. The van der Waals surface area contributed by atoms with Crippen LogP contribution in [0.3, 0.4) is 0 Å². The van der Waals surface area contributed by atoms with Gasteiger partial charge in [-0.05, 0) is 37.1 Å². The zero-order valence-corrected chi connectivity index (χ0v) is 9.71. The number of nitrogens with zero attached hydrogens (tertiary/aromatic N) is 1. The first-order valence-corrected chi connectivity index (χ1v) is 5.86. The van der Waals surface area contributed by atoms with Gasteiger partial charge in [-0.25, -0.2) is 0 Å². The van der Waals surface area contributed by atoms with Crippen LogP contribution in [0.5, 0.6) is 0 Å². The van der Waals surface area contributed by atoms with Gasteiger partial charge in [0.15, 0.2) is 0 Å². The molecule has 1 aromatic rings. The minimum Gasteiger partial charge on any atom is -0.371 e. The Kier molecular flexibility index (Phi) is 3.27. The third-order valence-electron chi connectivity index (χ3n) is 3.01. The van der Waals surface area contributed by atoms with Crippen molar-refractivity contribution >= 4 is 5.69 Å². The van der Waals surface area contributed by atoms with E-state index in [9.17, 15) is 0 Å². The molecule has 0 atom stereocenters. The molecule has 1 aromatic carbocycles. The minimum absolute atomic E-state index is 0.973. The van der Waals surface area contributed by atoms with Gasteiger partial charge >= 0.3 is 0 Å². The summed E-state index contributed by atoms with van der Waals surface area (Å²) in [5.74, 6) is 0. The standard InChI is InChI=1S/C13H20N2/c1-3-7-15-8-6-12-9-11(10-14-2)4-5-13(12)15/h4-5,9,14H,3,6-8,10H2,1-2H3. The molecule has 1 N–H and O–H groups in total. The van der Waals surface area contributed by atoms with Crippen LogP contribution in [0.2, 0.25) is 0 Å². The Bertz CT molecular complexity index is 333. The maximum atomic E-state index is 3.20. The Morgan fingerprint density at radius 3 is 3.00 bits per heavy atom. The molecule has 0 saturated carbocycles. The van der Waals surface area contributed by atoms with Crippen LogP contribution in [0.25, 0.3) is 0 Å². The Morgan fingerprint density at radius 2 is 2.27 bits per heavy atom.